The minimum absolute atomic E-state index is 0.181. The highest BCUT2D eigenvalue weighted by atomic mass is 16.4. The third kappa shape index (κ3) is 3.70. The molecule has 2 saturated carbocycles. The number of pyridine rings is 1. The number of rotatable bonds is 8. The molecule has 0 amide bonds. The summed E-state index contributed by atoms with van der Waals surface area (Å²) in [6.07, 6.45) is 8.59. The summed E-state index contributed by atoms with van der Waals surface area (Å²) in [7, 11) is 0. The van der Waals surface area contributed by atoms with Gasteiger partial charge in [-0.15, -0.1) is 0 Å². The lowest BCUT2D eigenvalue weighted by atomic mass is 9.85. The molecule has 2 aromatic heterocycles. The van der Waals surface area contributed by atoms with Gasteiger partial charge in [0, 0.05) is 31.4 Å². The zero-order valence-electron chi connectivity index (χ0n) is 14.7. The topological polar surface area (TPSA) is 69.9 Å². The quantitative estimate of drug-likeness (QED) is 0.768. The molecule has 6 nitrogen and oxygen atoms in total. The summed E-state index contributed by atoms with van der Waals surface area (Å²) in [6, 6.07) is 5.01. The van der Waals surface area contributed by atoms with Gasteiger partial charge in [-0.2, -0.15) is 0 Å². The smallest absolute Gasteiger partial charge is 0.317 e. The Morgan fingerprint density at radius 1 is 1.44 bits per heavy atom. The maximum Gasteiger partial charge on any atom is 0.317 e. The summed E-state index contributed by atoms with van der Waals surface area (Å²) in [5, 5.41) is 12.7. The largest absolute Gasteiger partial charge is 0.480 e. The number of aliphatic carboxylic acids is 1. The van der Waals surface area contributed by atoms with E-state index < -0.39 is 5.97 Å². The van der Waals surface area contributed by atoms with E-state index in [2.05, 4.69) is 44.9 Å². The van der Waals surface area contributed by atoms with Gasteiger partial charge in [-0.25, -0.2) is 4.98 Å². The van der Waals surface area contributed by atoms with Crippen molar-refractivity contribution in [3.05, 3.63) is 35.8 Å². The highest BCUT2D eigenvalue weighted by Gasteiger charge is 2.36. The minimum atomic E-state index is -0.710. The first-order valence-corrected chi connectivity index (χ1v) is 9.21. The molecule has 2 N–H and O–H groups in total. The molecule has 0 unspecified atom stereocenters. The monoisotopic (exact) mass is 342 g/mol. The van der Waals surface area contributed by atoms with Crippen molar-refractivity contribution in [1.29, 1.82) is 0 Å². The van der Waals surface area contributed by atoms with Crippen LogP contribution in [-0.2, 0) is 11.3 Å². The number of carbonyl (C=O) groups is 1. The minimum Gasteiger partial charge on any atom is -0.480 e. The fraction of sp³-hybridized carbons (Fsp3) is 0.579. The average molecular weight is 342 g/mol. The van der Waals surface area contributed by atoms with Crippen LogP contribution in [0.5, 0.6) is 0 Å². The molecule has 0 aliphatic heterocycles. The van der Waals surface area contributed by atoms with Crippen LogP contribution in [0.2, 0.25) is 0 Å². The molecule has 2 heterocycles. The van der Waals surface area contributed by atoms with Crippen LogP contribution in [-0.4, -0.2) is 50.5 Å². The van der Waals surface area contributed by atoms with E-state index >= 15 is 0 Å². The lowest BCUT2D eigenvalue weighted by molar-refractivity contribution is -0.139. The van der Waals surface area contributed by atoms with Crippen LogP contribution in [0.3, 0.4) is 0 Å². The predicted octanol–water partition coefficient (Wildman–Crippen LogP) is 2.06. The Labute approximate surface area is 147 Å². The third-order valence-electron chi connectivity index (χ3n) is 5.54. The Morgan fingerprint density at radius 3 is 2.96 bits per heavy atom. The molecule has 2 aromatic rings. The summed E-state index contributed by atoms with van der Waals surface area (Å²) in [6.45, 7) is 4.01. The first-order chi connectivity index (χ1) is 12.1. The summed E-state index contributed by atoms with van der Waals surface area (Å²) in [5.74, 6) is 0.0194. The number of hydrogen-bond acceptors (Lipinski definition) is 4. The van der Waals surface area contributed by atoms with Crippen LogP contribution in [0.25, 0.3) is 5.65 Å². The molecular weight excluding hydrogens is 316 g/mol. The van der Waals surface area contributed by atoms with E-state index in [-0.39, 0.29) is 6.54 Å². The number of nitrogens with one attached hydrogen (secondary N) is 1. The van der Waals surface area contributed by atoms with Crippen molar-refractivity contribution < 1.29 is 9.90 Å². The summed E-state index contributed by atoms with van der Waals surface area (Å²) < 4.78 is 2.14. The molecule has 2 fully saturated rings. The predicted molar refractivity (Wildman–Crippen MR) is 95.5 cm³/mol. The molecule has 0 bridgehead atoms. The first-order valence-electron chi connectivity index (χ1n) is 9.21. The Bertz CT molecular complexity index is 762. The van der Waals surface area contributed by atoms with Crippen molar-refractivity contribution in [1.82, 2.24) is 19.6 Å². The number of fused-ring (bicyclic) bond motifs is 1. The number of nitrogens with zero attached hydrogens (tertiary/aromatic N) is 3. The number of hydrogen-bond donors (Lipinski definition) is 2. The maximum atomic E-state index is 11.1. The zero-order chi connectivity index (χ0) is 17.4. The van der Waals surface area contributed by atoms with E-state index in [4.69, 9.17) is 5.11 Å². The van der Waals surface area contributed by atoms with E-state index in [9.17, 15) is 4.79 Å². The molecule has 2 aliphatic rings. The van der Waals surface area contributed by atoms with Crippen LogP contribution in [0.1, 0.15) is 36.9 Å². The normalized spacial score (nSPS) is 23.1. The van der Waals surface area contributed by atoms with Gasteiger partial charge in [0.15, 0.2) is 0 Å². The highest BCUT2D eigenvalue weighted by Crippen LogP contribution is 2.33. The molecule has 2 aliphatic carbocycles. The lowest BCUT2D eigenvalue weighted by Crippen LogP contribution is -2.54. The summed E-state index contributed by atoms with van der Waals surface area (Å²) in [5.41, 5.74) is 3.37. The first kappa shape index (κ1) is 16.5. The number of carboxylic acid groups (broad SMARTS) is 1. The fourth-order valence-corrected chi connectivity index (χ4v) is 3.78. The van der Waals surface area contributed by atoms with E-state index in [1.165, 1.54) is 24.1 Å². The average Bonchev–Trinajstić information content (AvgIpc) is 3.23. The molecule has 134 valence electrons. The van der Waals surface area contributed by atoms with Crippen LogP contribution < -0.4 is 5.32 Å². The zero-order valence-corrected chi connectivity index (χ0v) is 14.7. The summed E-state index contributed by atoms with van der Waals surface area (Å²) in [4.78, 5) is 17.8. The second-order valence-corrected chi connectivity index (χ2v) is 7.60. The Hall–Kier alpha value is -1.92. The van der Waals surface area contributed by atoms with Gasteiger partial charge in [0.2, 0.25) is 0 Å². The van der Waals surface area contributed by atoms with Crippen LogP contribution in [0.15, 0.2) is 24.5 Å². The van der Waals surface area contributed by atoms with E-state index in [1.807, 2.05) is 6.20 Å². The molecule has 25 heavy (non-hydrogen) atoms. The van der Waals surface area contributed by atoms with Crippen molar-refractivity contribution in [2.75, 3.05) is 13.1 Å². The molecule has 0 radical (unpaired) electrons. The molecule has 0 aromatic carbocycles. The van der Waals surface area contributed by atoms with Gasteiger partial charge in [-0.3, -0.25) is 9.69 Å². The van der Waals surface area contributed by atoms with E-state index in [0.717, 1.165) is 37.5 Å². The van der Waals surface area contributed by atoms with Crippen molar-refractivity contribution in [3.8, 4) is 0 Å². The number of imidazole rings is 1. The van der Waals surface area contributed by atoms with Crippen LogP contribution >= 0.6 is 0 Å². The number of aromatic nitrogens is 2. The Kier molecular flexibility index (Phi) is 4.48. The Balaban J connectivity index is 1.30. The van der Waals surface area contributed by atoms with Gasteiger partial charge < -0.3 is 14.8 Å². The van der Waals surface area contributed by atoms with Crippen molar-refractivity contribution >= 4 is 11.6 Å². The van der Waals surface area contributed by atoms with Crippen molar-refractivity contribution in [2.45, 2.75) is 51.2 Å². The third-order valence-corrected chi connectivity index (χ3v) is 5.54. The van der Waals surface area contributed by atoms with E-state index in [1.54, 1.807) is 0 Å². The van der Waals surface area contributed by atoms with E-state index in [0.29, 0.717) is 12.1 Å². The molecule has 0 atom stereocenters. The molecule has 4 rings (SSSR count). The highest BCUT2D eigenvalue weighted by molar-refractivity contribution is 5.69. The molecular formula is C19H26N4O2. The van der Waals surface area contributed by atoms with Gasteiger partial charge in [0.1, 0.15) is 5.65 Å². The van der Waals surface area contributed by atoms with Crippen molar-refractivity contribution in [2.24, 2.45) is 5.92 Å². The van der Waals surface area contributed by atoms with Crippen LogP contribution in [0.4, 0.5) is 0 Å². The number of carboxylic acids is 1. The fourth-order valence-electron chi connectivity index (χ4n) is 3.78. The maximum absolute atomic E-state index is 11.1. The second kappa shape index (κ2) is 6.77. The summed E-state index contributed by atoms with van der Waals surface area (Å²) >= 11 is 0. The van der Waals surface area contributed by atoms with Crippen LogP contribution in [0, 0.1) is 12.8 Å². The second-order valence-electron chi connectivity index (χ2n) is 7.60. The molecule has 0 saturated heterocycles. The Morgan fingerprint density at radius 2 is 2.24 bits per heavy atom. The van der Waals surface area contributed by atoms with Gasteiger partial charge in [0.05, 0.1) is 18.4 Å². The van der Waals surface area contributed by atoms with Gasteiger partial charge in [-0.1, -0.05) is 6.07 Å². The van der Waals surface area contributed by atoms with Crippen molar-refractivity contribution in [3.63, 3.8) is 0 Å². The standard InChI is InChI=1S/C19H26N4O2/c1-13-3-2-6-23-17(10-21-19(13)23)9-20-15-7-16(8-15)22(12-18(24)25)11-14-4-5-14/h2-3,6,10,14-16,20H,4-5,7-9,11-12H2,1H3,(H,24,25). The van der Waals surface area contributed by atoms with Gasteiger partial charge >= 0.3 is 5.97 Å². The molecule has 6 heteroatoms. The molecule has 0 spiro atoms. The SMILES string of the molecule is Cc1cccn2c(CNC3CC(N(CC(=O)O)CC4CC4)C3)cnc12. The van der Waals surface area contributed by atoms with Gasteiger partial charge in [-0.05, 0) is 50.2 Å². The number of aryl methyl sites for hydroxylation is 1. The lowest BCUT2D eigenvalue weighted by Gasteiger charge is -2.43. The van der Waals surface area contributed by atoms with Gasteiger partial charge in [0.25, 0.3) is 0 Å².